The first-order valence-electron chi connectivity index (χ1n) is 18.2. The van der Waals surface area contributed by atoms with Gasteiger partial charge in [-0.3, -0.25) is 10.6 Å². The number of amides is 4. The van der Waals surface area contributed by atoms with Crippen molar-refractivity contribution in [1.29, 1.82) is 0 Å². The molecule has 0 aliphatic carbocycles. The average molecular weight is 759 g/mol. The van der Waals surface area contributed by atoms with Gasteiger partial charge in [0.05, 0.1) is 23.1 Å². The van der Waals surface area contributed by atoms with Crippen LogP contribution >= 0.6 is 0 Å². The number of carbonyl (C=O) groups is 4. The molecule has 2 heterocycles. The smallest absolute Gasteiger partial charge is 0.412 e. The fraction of sp³-hybridized carbons (Fsp3) is 0.450. The maximum Gasteiger partial charge on any atom is 0.412 e. The highest BCUT2D eigenvalue weighted by atomic mass is 16.6. The van der Waals surface area contributed by atoms with Crippen molar-refractivity contribution in [1.82, 2.24) is 19.6 Å². The molecule has 2 aromatic carbocycles. The molecule has 0 aliphatic rings. The van der Waals surface area contributed by atoms with Gasteiger partial charge in [0.15, 0.2) is 0 Å². The summed E-state index contributed by atoms with van der Waals surface area (Å²) in [6.07, 6.45) is -1.38. The summed E-state index contributed by atoms with van der Waals surface area (Å²) in [5.41, 5.74) is 4.84. The van der Waals surface area contributed by atoms with Gasteiger partial charge in [-0.2, -0.15) is 19.6 Å². The number of benzene rings is 2. The van der Waals surface area contributed by atoms with E-state index in [4.69, 9.17) is 14.2 Å². The molecule has 0 aliphatic heterocycles. The highest BCUT2D eigenvalue weighted by molar-refractivity contribution is 5.94. The molecule has 2 atom stereocenters. The fourth-order valence-electron chi connectivity index (χ4n) is 6.50. The molecule has 15 nitrogen and oxygen atoms in total. The summed E-state index contributed by atoms with van der Waals surface area (Å²) in [5.74, 6) is 0. The van der Waals surface area contributed by atoms with E-state index in [2.05, 4.69) is 31.5 Å². The minimum atomic E-state index is -0.901. The summed E-state index contributed by atoms with van der Waals surface area (Å²) in [6, 6.07) is 13.1. The third-order valence-corrected chi connectivity index (χ3v) is 8.61. The van der Waals surface area contributed by atoms with E-state index in [0.29, 0.717) is 47.0 Å². The molecule has 4 N–H and O–H groups in total. The van der Waals surface area contributed by atoms with Gasteiger partial charge in [0.25, 0.3) is 0 Å². The molecule has 0 saturated carbocycles. The van der Waals surface area contributed by atoms with Gasteiger partial charge < -0.3 is 24.8 Å². The number of aryl methyl sites for hydroxylation is 6. The van der Waals surface area contributed by atoms with Gasteiger partial charge in [0.1, 0.15) is 11.7 Å². The lowest BCUT2D eigenvalue weighted by Gasteiger charge is -2.34. The minimum Gasteiger partial charge on any atom is -0.446 e. The highest BCUT2D eigenvalue weighted by Crippen LogP contribution is 2.28. The number of carbonyl (C=O) groups excluding carboxylic acids is 4. The zero-order chi connectivity index (χ0) is 40.8. The van der Waals surface area contributed by atoms with E-state index in [-0.39, 0.29) is 6.10 Å². The molecule has 0 fully saturated rings. The normalized spacial score (nSPS) is 12.7. The lowest BCUT2D eigenvalue weighted by atomic mass is 9.98. The second kappa shape index (κ2) is 17.2. The molecule has 0 radical (unpaired) electrons. The van der Waals surface area contributed by atoms with Crippen molar-refractivity contribution in [2.75, 3.05) is 21.3 Å². The first-order chi connectivity index (χ1) is 25.6. The van der Waals surface area contributed by atoms with Gasteiger partial charge in [-0.15, -0.1) is 0 Å². The van der Waals surface area contributed by atoms with Crippen LogP contribution in [0.3, 0.4) is 0 Å². The van der Waals surface area contributed by atoms with Crippen molar-refractivity contribution < 1.29 is 33.4 Å². The Balaban J connectivity index is 1.25. The summed E-state index contributed by atoms with van der Waals surface area (Å²) in [4.78, 5) is 51.4. The van der Waals surface area contributed by atoms with E-state index in [1.807, 2.05) is 60.6 Å². The number of aromatic nitrogens is 4. The molecule has 4 amide bonds. The summed E-state index contributed by atoms with van der Waals surface area (Å²) in [5, 5.41) is 19.6. The zero-order valence-electron chi connectivity index (χ0n) is 33.8. The van der Waals surface area contributed by atoms with Crippen LogP contribution in [0.1, 0.15) is 88.3 Å². The molecule has 0 saturated heterocycles. The standard InChI is InChI=1S/C40H54N8O7/c1-23-13-15-31(19-33(23)43-35(49)47-27(5)17-25(3)45-47)41-37(51)53-29(7)21-39(9,10)54-30(8)22-40(11,12)55-38(52)42-32-16-14-24(2)34(20-32)44-36(50)48-28(6)18-26(4)46-48/h13-20,29-30H,21-22H2,1-12H3,(H,41,51)(H,42,52)(H,43,49)(H,44,50). The van der Waals surface area contributed by atoms with Crippen molar-refractivity contribution >= 4 is 47.0 Å². The number of nitrogens with one attached hydrogen (secondary N) is 4. The van der Waals surface area contributed by atoms with E-state index in [1.54, 1.807) is 71.0 Å². The quantitative estimate of drug-likeness (QED) is 0.110. The van der Waals surface area contributed by atoms with E-state index < -0.39 is 41.6 Å². The summed E-state index contributed by atoms with van der Waals surface area (Å²) in [7, 11) is 0. The number of ether oxygens (including phenoxy) is 3. The van der Waals surface area contributed by atoms with Gasteiger partial charge in [-0.25, -0.2) is 19.2 Å². The topological polar surface area (TPSA) is 180 Å². The van der Waals surface area contributed by atoms with Crippen LogP contribution in [-0.2, 0) is 14.2 Å². The predicted molar refractivity (Wildman–Crippen MR) is 212 cm³/mol. The molecule has 4 rings (SSSR count). The maximum atomic E-state index is 13.0. The van der Waals surface area contributed by atoms with Crippen LogP contribution in [0.15, 0.2) is 48.5 Å². The summed E-state index contributed by atoms with van der Waals surface area (Å²) < 4.78 is 20.4. The molecule has 0 bridgehead atoms. The minimum absolute atomic E-state index is 0.329. The Kier molecular flexibility index (Phi) is 13.1. The highest BCUT2D eigenvalue weighted by Gasteiger charge is 2.31. The van der Waals surface area contributed by atoms with Crippen molar-refractivity contribution in [2.24, 2.45) is 0 Å². The van der Waals surface area contributed by atoms with Crippen molar-refractivity contribution in [3.63, 3.8) is 0 Å². The van der Waals surface area contributed by atoms with E-state index in [0.717, 1.165) is 22.5 Å². The number of nitrogens with zero attached hydrogens (tertiary/aromatic N) is 4. The SMILES string of the molecule is Cc1cc(C)n(C(=O)Nc2cc(NC(=O)OC(C)CC(C)(C)OC(C)CC(C)(C)OC(=O)Nc3ccc(C)c(NC(=O)n4nc(C)cc4C)c3)ccc2C)n1. The van der Waals surface area contributed by atoms with Crippen molar-refractivity contribution in [2.45, 2.75) is 119 Å². The van der Waals surface area contributed by atoms with Crippen LogP contribution in [0, 0.1) is 41.5 Å². The van der Waals surface area contributed by atoms with Crippen LogP contribution in [0.4, 0.5) is 41.9 Å². The Morgan fingerprint density at radius 3 is 1.49 bits per heavy atom. The number of hydrogen-bond acceptors (Lipinski definition) is 9. The Hall–Kier alpha value is -5.70. The zero-order valence-corrected chi connectivity index (χ0v) is 33.8. The maximum absolute atomic E-state index is 13.0. The molecular formula is C40H54N8O7. The average Bonchev–Trinajstić information content (AvgIpc) is 3.57. The Labute approximate surface area is 322 Å². The Morgan fingerprint density at radius 1 is 0.618 bits per heavy atom. The third-order valence-electron chi connectivity index (χ3n) is 8.61. The fourth-order valence-corrected chi connectivity index (χ4v) is 6.50. The predicted octanol–water partition coefficient (Wildman–Crippen LogP) is 9.02. The molecule has 15 heteroatoms. The number of hydrogen-bond donors (Lipinski definition) is 4. The van der Waals surface area contributed by atoms with E-state index in [9.17, 15) is 19.2 Å². The first kappa shape index (κ1) is 42.0. The second-order valence-corrected chi connectivity index (χ2v) is 15.3. The molecule has 296 valence electrons. The summed E-state index contributed by atoms with van der Waals surface area (Å²) in [6.45, 7) is 22.0. The summed E-state index contributed by atoms with van der Waals surface area (Å²) >= 11 is 0. The first-order valence-corrected chi connectivity index (χ1v) is 18.2. The van der Waals surface area contributed by atoms with Gasteiger partial charge in [0.2, 0.25) is 0 Å². The Morgan fingerprint density at radius 2 is 1.05 bits per heavy atom. The van der Waals surface area contributed by atoms with Gasteiger partial charge in [-0.1, -0.05) is 12.1 Å². The number of anilines is 4. The van der Waals surface area contributed by atoms with Gasteiger partial charge >= 0.3 is 24.2 Å². The monoisotopic (exact) mass is 758 g/mol. The van der Waals surface area contributed by atoms with Crippen LogP contribution in [0.2, 0.25) is 0 Å². The van der Waals surface area contributed by atoms with Crippen molar-refractivity contribution in [3.05, 3.63) is 82.4 Å². The van der Waals surface area contributed by atoms with Crippen LogP contribution < -0.4 is 21.3 Å². The lowest BCUT2D eigenvalue weighted by molar-refractivity contribution is -0.106. The number of rotatable bonds is 12. The molecular weight excluding hydrogens is 704 g/mol. The third kappa shape index (κ3) is 12.2. The lowest BCUT2D eigenvalue weighted by Crippen LogP contribution is -2.39. The molecule has 2 aromatic heterocycles. The molecule has 0 spiro atoms. The second-order valence-electron chi connectivity index (χ2n) is 15.3. The molecule has 4 aromatic rings. The van der Waals surface area contributed by atoms with E-state index in [1.165, 1.54) is 9.36 Å². The van der Waals surface area contributed by atoms with Crippen LogP contribution in [0.25, 0.3) is 0 Å². The van der Waals surface area contributed by atoms with Crippen molar-refractivity contribution in [3.8, 4) is 0 Å². The van der Waals surface area contributed by atoms with Gasteiger partial charge in [-0.05, 0) is 131 Å². The van der Waals surface area contributed by atoms with Gasteiger partial charge in [0, 0.05) is 47.0 Å². The Bertz CT molecular complexity index is 2050. The molecule has 2 unspecified atom stereocenters. The van der Waals surface area contributed by atoms with E-state index >= 15 is 0 Å². The van der Waals surface area contributed by atoms with Crippen LogP contribution in [-0.4, -0.2) is 67.2 Å². The van der Waals surface area contributed by atoms with Crippen LogP contribution in [0.5, 0.6) is 0 Å². The molecule has 55 heavy (non-hydrogen) atoms. The largest absolute Gasteiger partial charge is 0.446 e.